The first kappa shape index (κ1) is 14.0. The molecule has 1 unspecified atom stereocenters. The minimum Gasteiger partial charge on any atom is -0.335 e. The fraction of sp³-hybridized carbons (Fsp3) is 0.467. The Hall–Kier alpha value is -1.47. The number of amidine groups is 1. The van der Waals surface area contributed by atoms with Crippen molar-refractivity contribution in [2.75, 3.05) is 11.9 Å². The first-order chi connectivity index (χ1) is 8.96. The van der Waals surface area contributed by atoms with Crippen LogP contribution in [0.15, 0.2) is 29.3 Å². The maximum absolute atomic E-state index is 8.88. The molecule has 0 bridgehead atoms. The lowest BCUT2D eigenvalue weighted by Crippen LogP contribution is -2.16. The van der Waals surface area contributed by atoms with Crippen LogP contribution in [0.2, 0.25) is 0 Å². The van der Waals surface area contributed by atoms with Crippen molar-refractivity contribution in [3.63, 3.8) is 0 Å². The van der Waals surface area contributed by atoms with Gasteiger partial charge in [0.1, 0.15) is 0 Å². The second kappa shape index (κ2) is 5.66. The van der Waals surface area contributed by atoms with E-state index in [2.05, 4.69) is 37.1 Å². The normalized spacial score (nSPS) is 18.8. The van der Waals surface area contributed by atoms with Gasteiger partial charge in [-0.2, -0.15) is 5.26 Å². The van der Waals surface area contributed by atoms with E-state index in [1.807, 2.05) is 18.2 Å². The molecule has 1 heterocycles. The predicted molar refractivity (Wildman–Crippen MR) is 82.5 cm³/mol. The first-order valence-corrected chi connectivity index (χ1v) is 7.32. The van der Waals surface area contributed by atoms with Crippen LogP contribution >= 0.6 is 11.8 Å². The van der Waals surface area contributed by atoms with Gasteiger partial charge in [0.2, 0.25) is 0 Å². The molecule has 0 amide bonds. The van der Waals surface area contributed by atoms with E-state index >= 15 is 0 Å². The van der Waals surface area contributed by atoms with Gasteiger partial charge in [0.15, 0.2) is 5.17 Å². The van der Waals surface area contributed by atoms with Crippen molar-refractivity contribution in [2.45, 2.75) is 32.4 Å². The third kappa shape index (κ3) is 4.29. The molecule has 1 aromatic rings. The highest BCUT2D eigenvalue weighted by molar-refractivity contribution is 8.15. The summed E-state index contributed by atoms with van der Waals surface area (Å²) in [5, 5.41) is 13.7. The van der Waals surface area contributed by atoms with Gasteiger partial charge in [-0.3, -0.25) is 4.99 Å². The van der Waals surface area contributed by atoms with Crippen LogP contribution in [0, 0.1) is 16.7 Å². The second-order valence-electron chi connectivity index (χ2n) is 5.97. The molecule has 1 N–H and O–H groups in total. The minimum absolute atomic E-state index is 0.337. The fourth-order valence-corrected chi connectivity index (χ4v) is 3.44. The number of nitrogens with one attached hydrogen (secondary N) is 1. The molecule has 1 atom stereocenters. The molecule has 4 heteroatoms. The highest BCUT2D eigenvalue weighted by atomic mass is 32.2. The Morgan fingerprint density at radius 1 is 1.47 bits per heavy atom. The van der Waals surface area contributed by atoms with Crippen molar-refractivity contribution in [3.8, 4) is 6.07 Å². The average Bonchev–Trinajstić information content (AvgIpc) is 2.74. The number of hydrogen-bond acceptors (Lipinski definition) is 4. The third-order valence-electron chi connectivity index (χ3n) is 2.80. The van der Waals surface area contributed by atoms with E-state index in [9.17, 15) is 0 Å². The van der Waals surface area contributed by atoms with E-state index in [4.69, 9.17) is 5.26 Å². The Labute approximate surface area is 119 Å². The van der Waals surface area contributed by atoms with E-state index in [0.29, 0.717) is 16.2 Å². The molecule has 0 fully saturated rings. The van der Waals surface area contributed by atoms with Gasteiger partial charge in [0.25, 0.3) is 0 Å². The van der Waals surface area contributed by atoms with Crippen molar-refractivity contribution < 1.29 is 0 Å². The number of nitriles is 1. The molecule has 0 spiro atoms. The molecule has 0 aromatic heterocycles. The van der Waals surface area contributed by atoms with Gasteiger partial charge >= 0.3 is 0 Å². The molecule has 0 radical (unpaired) electrons. The van der Waals surface area contributed by atoms with Crippen LogP contribution in [0.25, 0.3) is 0 Å². The number of rotatable bonds is 2. The number of hydrogen-bond donors (Lipinski definition) is 1. The molecular formula is C15H19N3S. The van der Waals surface area contributed by atoms with Gasteiger partial charge in [0.05, 0.1) is 18.2 Å². The Bertz CT molecular complexity index is 523. The van der Waals surface area contributed by atoms with Gasteiger partial charge in [-0.25, -0.2) is 0 Å². The number of aliphatic imine (C=N–C) groups is 1. The van der Waals surface area contributed by atoms with Crippen molar-refractivity contribution >= 4 is 22.6 Å². The van der Waals surface area contributed by atoms with E-state index in [-0.39, 0.29) is 0 Å². The summed E-state index contributed by atoms with van der Waals surface area (Å²) in [5.74, 6) is 0. The molecule has 19 heavy (non-hydrogen) atoms. The van der Waals surface area contributed by atoms with Crippen LogP contribution in [0.4, 0.5) is 5.69 Å². The van der Waals surface area contributed by atoms with Crippen molar-refractivity contribution in [1.82, 2.24) is 0 Å². The van der Waals surface area contributed by atoms with Gasteiger partial charge in [-0.05, 0) is 30.0 Å². The molecule has 1 aliphatic rings. The van der Waals surface area contributed by atoms with Crippen molar-refractivity contribution in [2.24, 2.45) is 10.4 Å². The lowest BCUT2D eigenvalue weighted by Gasteiger charge is -2.21. The maximum Gasteiger partial charge on any atom is 0.161 e. The van der Waals surface area contributed by atoms with Crippen molar-refractivity contribution in [1.29, 1.82) is 5.26 Å². The summed E-state index contributed by atoms with van der Waals surface area (Å²) in [7, 11) is 0. The van der Waals surface area contributed by atoms with Crippen molar-refractivity contribution in [3.05, 3.63) is 29.8 Å². The van der Waals surface area contributed by atoms with Gasteiger partial charge < -0.3 is 5.32 Å². The monoisotopic (exact) mass is 273 g/mol. The standard InChI is InChI=1S/C15H19N3S/c1-15(2,3)8-13-10-17-14(19-13)18-12-6-4-5-11(7-12)9-16/h4-7,13H,8,10H2,1-3H3,(H,17,18). The number of nitrogens with zero attached hydrogens (tertiary/aromatic N) is 2. The molecule has 1 aromatic carbocycles. The van der Waals surface area contributed by atoms with Crippen LogP contribution in [0.3, 0.4) is 0 Å². The summed E-state index contributed by atoms with van der Waals surface area (Å²) < 4.78 is 0. The maximum atomic E-state index is 8.88. The van der Waals surface area contributed by atoms with Crippen LogP contribution in [-0.2, 0) is 0 Å². The van der Waals surface area contributed by atoms with Gasteiger partial charge in [-0.1, -0.05) is 38.6 Å². The summed E-state index contributed by atoms with van der Waals surface area (Å²) >= 11 is 1.80. The average molecular weight is 273 g/mol. The SMILES string of the molecule is CC(C)(C)CC1CN=C(Nc2cccc(C#N)c2)S1. The summed E-state index contributed by atoms with van der Waals surface area (Å²) in [5.41, 5.74) is 1.94. The zero-order valence-corrected chi connectivity index (χ0v) is 12.4. The van der Waals surface area contributed by atoms with E-state index in [0.717, 1.165) is 23.8 Å². The Kier molecular flexibility index (Phi) is 4.16. The highest BCUT2D eigenvalue weighted by Gasteiger charge is 2.24. The zero-order valence-electron chi connectivity index (χ0n) is 11.6. The topological polar surface area (TPSA) is 48.2 Å². The zero-order chi connectivity index (χ0) is 13.9. The molecule has 0 saturated heterocycles. The predicted octanol–water partition coefficient (Wildman–Crippen LogP) is 3.88. The third-order valence-corrected chi connectivity index (χ3v) is 3.90. The summed E-state index contributed by atoms with van der Waals surface area (Å²) in [4.78, 5) is 4.54. The molecule has 0 saturated carbocycles. The highest BCUT2D eigenvalue weighted by Crippen LogP contribution is 2.32. The Balaban J connectivity index is 1.93. The number of thioether (sulfide) groups is 1. The quantitative estimate of drug-likeness (QED) is 0.889. The van der Waals surface area contributed by atoms with Crippen LogP contribution < -0.4 is 5.32 Å². The Morgan fingerprint density at radius 3 is 2.95 bits per heavy atom. The number of benzene rings is 1. The van der Waals surface area contributed by atoms with Gasteiger partial charge in [0, 0.05) is 10.9 Å². The molecule has 3 nitrogen and oxygen atoms in total. The summed E-state index contributed by atoms with van der Waals surface area (Å²) in [6.45, 7) is 7.66. The smallest absolute Gasteiger partial charge is 0.161 e. The minimum atomic E-state index is 0.337. The van der Waals surface area contributed by atoms with E-state index in [1.54, 1.807) is 17.8 Å². The Morgan fingerprint density at radius 2 is 2.26 bits per heavy atom. The summed E-state index contributed by atoms with van der Waals surface area (Å²) in [6.07, 6.45) is 1.16. The lowest BCUT2D eigenvalue weighted by atomic mass is 9.90. The first-order valence-electron chi connectivity index (χ1n) is 6.44. The van der Waals surface area contributed by atoms with E-state index < -0.39 is 0 Å². The number of anilines is 1. The molecule has 0 aliphatic carbocycles. The molecular weight excluding hydrogens is 254 g/mol. The van der Waals surface area contributed by atoms with Crippen LogP contribution in [0.1, 0.15) is 32.8 Å². The second-order valence-corrected chi connectivity index (χ2v) is 7.26. The van der Waals surface area contributed by atoms with Crippen LogP contribution in [0.5, 0.6) is 0 Å². The van der Waals surface area contributed by atoms with Gasteiger partial charge in [-0.15, -0.1) is 0 Å². The molecule has 100 valence electrons. The molecule has 1 aliphatic heterocycles. The largest absolute Gasteiger partial charge is 0.335 e. The van der Waals surface area contributed by atoms with Crippen LogP contribution in [-0.4, -0.2) is 17.0 Å². The lowest BCUT2D eigenvalue weighted by molar-refractivity contribution is 0.375. The van der Waals surface area contributed by atoms with E-state index in [1.165, 1.54) is 0 Å². The fourth-order valence-electron chi connectivity index (χ4n) is 2.07. The molecule has 2 rings (SSSR count). The summed E-state index contributed by atoms with van der Waals surface area (Å²) in [6, 6.07) is 9.64.